The number of nitrogens with one attached hydrogen (secondary N) is 1. The second kappa shape index (κ2) is 12.0. The Balaban J connectivity index is 1.50. The lowest BCUT2D eigenvalue weighted by molar-refractivity contribution is -0.143. The summed E-state index contributed by atoms with van der Waals surface area (Å²) in [5.41, 5.74) is 3.93. The van der Waals surface area contributed by atoms with Gasteiger partial charge in [-0.2, -0.15) is 5.26 Å². The monoisotopic (exact) mass is 464 g/mol. The largest absolute Gasteiger partial charge is 0.489 e. The molecule has 3 rings (SSSR count). The SMILES string of the molecule is CCOC(=O)CCc1cccc(C#N)c1OC[C@H](O)CNC(C)(C)CC1Cc2ccccc2C1. The van der Waals surface area contributed by atoms with E-state index in [1.54, 1.807) is 19.1 Å². The zero-order chi connectivity index (χ0) is 24.6. The van der Waals surface area contributed by atoms with Gasteiger partial charge in [0, 0.05) is 18.5 Å². The summed E-state index contributed by atoms with van der Waals surface area (Å²) in [6, 6.07) is 16.1. The first kappa shape index (κ1) is 25.7. The van der Waals surface area contributed by atoms with Gasteiger partial charge in [-0.25, -0.2) is 0 Å². The van der Waals surface area contributed by atoms with Crippen molar-refractivity contribution in [3.8, 4) is 11.8 Å². The first-order valence-electron chi connectivity index (χ1n) is 12.1. The number of fused-ring (bicyclic) bond motifs is 1. The fourth-order valence-corrected chi connectivity index (χ4v) is 4.73. The normalized spacial score (nSPS) is 14.3. The third kappa shape index (κ3) is 7.31. The van der Waals surface area contributed by atoms with Gasteiger partial charge in [0.05, 0.1) is 12.2 Å². The fourth-order valence-electron chi connectivity index (χ4n) is 4.73. The lowest BCUT2D eigenvalue weighted by atomic mass is 9.88. The number of ether oxygens (including phenoxy) is 2. The number of aliphatic hydroxyl groups excluding tert-OH is 1. The van der Waals surface area contributed by atoms with E-state index in [0.29, 0.717) is 36.8 Å². The van der Waals surface area contributed by atoms with Crippen LogP contribution >= 0.6 is 0 Å². The minimum Gasteiger partial charge on any atom is -0.489 e. The molecule has 6 heteroatoms. The van der Waals surface area contributed by atoms with Crippen LogP contribution in [-0.2, 0) is 28.8 Å². The summed E-state index contributed by atoms with van der Waals surface area (Å²) in [4.78, 5) is 11.7. The lowest BCUT2D eigenvalue weighted by Crippen LogP contribution is -2.46. The Kier molecular flexibility index (Phi) is 9.09. The van der Waals surface area contributed by atoms with Gasteiger partial charge in [-0.05, 0) is 75.1 Å². The van der Waals surface area contributed by atoms with E-state index < -0.39 is 6.10 Å². The number of nitriles is 1. The Morgan fingerprint density at radius 1 is 1.21 bits per heavy atom. The molecule has 2 aromatic rings. The summed E-state index contributed by atoms with van der Waals surface area (Å²) in [5, 5.41) is 23.5. The van der Waals surface area contributed by atoms with E-state index in [1.165, 1.54) is 11.1 Å². The third-order valence-corrected chi connectivity index (χ3v) is 6.29. The van der Waals surface area contributed by atoms with Crippen LogP contribution in [0.5, 0.6) is 5.75 Å². The molecule has 0 heterocycles. The van der Waals surface area contributed by atoms with Crippen molar-refractivity contribution in [3.63, 3.8) is 0 Å². The molecule has 0 radical (unpaired) electrons. The topological polar surface area (TPSA) is 91.6 Å². The molecule has 0 saturated carbocycles. The average Bonchev–Trinajstić information content (AvgIpc) is 3.21. The van der Waals surface area contributed by atoms with Crippen LogP contribution in [0.25, 0.3) is 0 Å². The molecule has 6 nitrogen and oxygen atoms in total. The van der Waals surface area contributed by atoms with Crippen molar-refractivity contribution in [1.82, 2.24) is 5.32 Å². The molecule has 182 valence electrons. The van der Waals surface area contributed by atoms with Gasteiger partial charge in [-0.15, -0.1) is 0 Å². The van der Waals surface area contributed by atoms with E-state index in [9.17, 15) is 15.2 Å². The van der Waals surface area contributed by atoms with E-state index in [4.69, 9.17) is 9.47 Å². The molecule has 2 aromatic carbocycles. The highest BCUT2D eigenvalue weighted by Gasteiger charge is 2.28. The van der Waals surface area contributed by atoms with Crippen molar-refractivity contribution < 1.29 is 19.4 Å². The smallest absolute Gasteiger partial charge is 0.306 e. The Morgan fingerprint density at radius 2 is 1.91 bits per heavy atom. The Bertz CT molecular complexity index is 987. The van der Waals surface area contributed by atoms with Crippen molar-refractivity contribution in [2.45, 2.75) is 64.5 Å². The number of carbonyl (C=O) groups is 1. The zero-order valence-corrected chi connectivity index (χ0v) is 20.5. The minimum absolute atomic E-state index is 0.0586. The van der Waals surface area contributed by atoms with Gasteiger partial charge < -0.3 is 19.9 Å². The minimum atomic E-state index is -0.732. The molecule has 34 heavy (non-hydrogen) atoms. The molecular formula is C28H36N2O4. The second-order valence-corrected chi connectivity index (χ2v) is 9.69. The maximum atomic E-state index is 11.7. The van der Waals surface area contributed by atoms with Crippen molar-refractivity contribution in [2.24, 2.45) is 5.92 Å². The van der Waals surface area contributed by atoms with Crippen molar-refractivity contribution in [1.29, 1.82) is 5.26 Å². The summed E-state index contributed by atoms with van der Waals surface area (Å²) in [6.45, 7) is 6.89. The first-order chi connectivity index (χ1) is 16.3. The summed E-state index contributed by atoms with van der Waals surface area (Å²) < 4.78 is 10.9. The number of β-amino-alcohol motifs (C(OH)–C–C–N with tert-alkyl or cyclic N) is 1. The Hall–Kier alpha value is -2.88. The maximum Gasteiger partial charge on any atom is 0.306 e. The standard InChI is InChI=1S/C28H36N2O4/c1-4-33-26(32)13-12-21-10-7-11-24(17-29)27(21)34-19-25(31)18-30-28(2,3)16-20-14-22-8-5-6-9-23(22)15-20/h5-11,20,25,30-31H,4,12-16,18-19H2,1-3H3/t25-/m1/s1. The molecule has 0 unspecified atom stereocenters. The second-order valence-electron chi connectivity index (χ2n) is 9.69. The van der Waals surface area contributed by atoms with Gasteiger partial charge in [-0.1, -0.05) is 36.4 Å². The Morgan fingerprint density at radius 3 is 2.56 bits per heavy atom. The van der Waals surface area contributed by atoms with E-state index in [0.717, 1.165) is 24.8 Å². The molecule has 0 spiro atoms. The quantitative estimate of drug-likeness (QED) is 0.462. The Labute approximate surface area is 202 Å². The van der Waals surface area contributed by atoms with Crippen LogP contribution in [0.2, 0.25) is 0 Å². The van der Waals surface area contributed by atoms with Crippen molar-refractivity contribution in [3.05, 3.63) is 64.7 Å². The number of benzene rings is 2. The van der Waals surface area contributed by atoms with E-state index in [2.05, 4.69) is 49.5 Å². The number of aryl methyl sites for hydroxylation is 1. The average molecular weight is 465 g/mol. The summed E-state index contributed by atoms with van der Waals surface area (Å²) in [6.07, 6.45) is 3.12. The van der Waals surface area contributed by atoms with Crippen molar-refractivity contribution >= 4 is 5.97 Å². The van der Waals surface area contributed by atoms with E-state index in [1.807, 2.05) is 6.07 Å². The molecule has 0 aromatic heterocycles. The van der Waals surface area contributed by atoms with Crippen molar-refractivity contribution in [2.75, 3.05) is 19.8 Å². The van der Waals surface area contributed by atoms with Crippen LogP contribution in [0.4, 0.5) is 0 Å². The number of carbonyl (C=O) groups excluding carboxylic acids is 1. The number of hydrogen-bond donors (Lipinski definition) is 2. The van der Waals surface area contributed by atoms with Gasteiger partial charge in [0.2, 0.25) is 0 Å². The summed E-state index contributed by atoms with van der Waals surface area (Å²) in [7, 11) is 0. The highest BCUT2D eigenvalue weighted by molar-refractivity contribution is 5.70. The molecule has 0 bridgehead atoms. The molecular weight excluding hydrogens is 428 g/mol. The highest BCUT2D eigenvalue weighted by atomic mass is 16.5. The van der Waals surface area contributed by atoms with E-state index in [-0.39, 0.29) is 24.5 Å². The van der Waals surface area contributed by atoms with Gasteiger partial charge in [0.1, 0.15) is 24.5 Å². The number of esters is 1. The van der Waals surface area contributed by atoms with Gasteiger partial charge in [-0.3, -0.25) is 4.79 Å². The lowest BCUT2D eigenvalue weighted by Gasteiger charge is -2.30. The maximum absolute atomic E-state index is 11.7. The molecule has 0 fully saturated rings. The zero-order valence-electron chi connectivity index (χ0n) is 20.5. The van der Waals surface area contributed by atoms with Crippen LogP contribution in [0, 0.1) is 17.2 Å². The number of nitrogens with zero attached hydrogens (tertiary/aromatic N) is 1. The summed E-state index contributed by atoms with van der Waals surface area (Å²) >= 11 is 0. The van der Waals surface area contributed by atoms with Gasteiger partial charge in [0.25, 0.3) is 0 Å². The molecule has 1 atom stereocenters. The van der Waals surface area contributed by atoms with Crippen LogP contribution in [-0.4, -0.2) is 42.5 Å². The van der Waals surface area contributed by atoms with E-state index >= 15 is 0 Å². The number of aliphatic hydroxyl groups is 1. The number of rotatable bonds is 12. The molecule has 1 aliphatic carbocycles. The number of hydrogen-bond acceptors (Lipinski definition) is 6. The molecule has 2 N–H and O–H groups in total. The molecule has 1 aliphatic rings. The summed E-state index contributed by atoms with van der Waals surface area (Å²) in [5.74, 6) is 0.738. The predicted octanol–water partition coefficient (Wildman–Crippen LogP) is 3.97. The molecule has 0 amide bonds. The first-order valence-corrected chi connectivity index (χ1v) is 12.1. The van der Waals surface area contributed by atoms with Crippen LogP contribution in [0.3, 0.4) is 0 Å². The number of para-hydroxylation sites is 1. The van der Waals surface area contributed by atoms with Gasteiger partial charge in [0.15, 0.2) is 0 Å². The van der Waals surface area contributed by atoms with Crippen LogP contribution in [0.15, 0.2) is 42.5 Å². The van der Waals surface area contributed by atoms with Crippen LogP contribution in [0.1, 0.15) is 55.9 Å². The molecule has 0 aliphatic heterocycles. The van der Waals surface area contributed by atoms with Gasteiger partial charge >= 0.3 is 5.97 Å². The highest BCUT2D eigenvalue weighted by Crippen LogP contribution is 2.32. The third-order valence-electron chi connectivity index (χ3n) is 6.29. The fraction of sp³-hybridized carbons (Fsp3) is 0.500. The predicted molar refractivity (Wildman–Crippen MR) is 132 cm³/mol. The molecule has 0 saturated heterocycles. The van der Waals surface area contributed by atoms with Crippen LogP contribution < -0.4 is 10.1 Å².